The van der Waals surface area contributed by atoms with Gasteiger partial charge in [0.2, 0.25) is 0 Å². The molecule has 0 amide bonds. The zero-order valence-corrected chi connectivity index (χ0v) is 12.4. The third-order valence-corrected chi connectivity index (χ3v) is 3.80. The molecule has 0 radical (unpaired) electrons. The first-order chi connectivity index (χ1) is 9.72. The first-order valence-corrected chi connectivity index (χ1v) is 7.61. The molecule has 0 spiro atoms. The van der Waals surface area contributed by atoms with Crippen LogP contribution < -0.4 is 4.74 Å². The molecule has 0 unspecified atom stereocenters. The molecule has 3 nitrogen and oxygen atoms in total. The Balaban J connectivity index is 2.20. The Hall–Kier alpha value is -1.51. The van der Waals surface area contributed by atoms with Crippen molar-refractivity contribution >= 4 is 5.97 Å². The van der Waals surface area contributed by atoms with Gasteiger partial charge in [0.15, 0.2) is 0 Å². The predicted octanol–water partition coefficient (Wildman–Crippen LogP) is 4.06. The van der Waals surface area contributed by atoms with Gasteiger partial charge in [-0.15, -0.1) is 0 Å². The molecule has 1 aromatic carbocycles. The maximum Gasteiger partial charge on any atom is 0.302 e. The molecular formula is C17H24O3. The number of hydrogen-bond donors (Lipinski definition) is 0. The van der Waals surface area contributed by atoms with Gasteiger partial charge in [0.25, 0.3) is 0 Å². The Morgan fingerprint density at radius 2 is 2.00 bits per heavy atom. The second-order valence-corrected chi connectivity index (χ2v) is 5.43. The average molecular weight is 276 g/mol. The van der Waals surface area contributed by atoms with Gasteiger partial charge in [-0.05, 0) is 31.7 Å². The number of carbonyl (C=O) groups is 1. The SMILES string of the molecule is CCCOc1ccccc1[C@H]1CCCC[C@@H]1OC(C)=O. The molecule has 1 aliphatic rings. The fraction of sp³-hybridized carbons (Fsp3) is 0.588. The highest BCUT2D eigenvalue weighted by molar-refractivity contribution is 5.66. The Morgan fingerprint density at radius 1 is 1.25 bits per heavy atom. The van der Waals surface area contributed by atoms with Gasteiger partial charge >= 0.3 is 5.97 Å². The van der Waals surface area contributed by atoms with Crippen LogP contribution in [0.5, 0.6) is 5.75 Å². The van der Waals surface area contributed by atoms with Gasteiger partial charge in [0.05, 0.1) is 6.61 Å². The molecule has 2 atom stereocenters. The summed E-state index contributed by atoms with van der Waals surface area (Å²) in [5.41, 5.74) is 1.19. The highest BCUT2D eigenvalue weighted by Gasteiger charge is 2.30. The lowest BCUT2D eigenvalue weighted by atomic mass is 9.81. The number of esters is 1. The summed E-state index contributed by atoms with van der Waals surface area (Å²) in [7, 11) is 0. The van der Waals surface area contributed by atoms with E-state index in [1.807, 2.05) is 18.2 Å². The highest BCUT2D eigenvalue weighted by atomic mass is 16.5. The molecule has 2 rings (SSSR count). The molecule has 0 N–H and O–H groups in total. The molecule has 0 saturated heterocycles. The third kappa shape index (κ3) is 3.75. The van der Waals surface area contributed by atoms with Gasteiger partial charge in [-0.2, -0.15) is 0 Å². The van der Waals surface area contributed by atoms with E-state index in [0.717, 1.165) is 38.0 Å². The zero-order valence-electron chi connectivity index (χ0n) is 12.4. The van der Waals surface area contributed by atoms with Crippen LogP contribution in [-0.2, 0) is 9.53 Å². The lowest BCUT2D eigenvalue weighted by molar-refractivity contribution is -0.148. The van der Waals surface area contributed by atoms with Crippen LogP contribution in [0.2, 0.25) is 0 Å². The van der Waals surface area contributed by atoms with E-state index in [1.54, 1.807) is 0 Å². The summed E-state index contributed by atoms with van der Waals surface area (Å²) >= 11 is 0. The zero-order chi connectivity index (χ0) is 14.4. The van der Waals surface area contributed by atoms with E-state index in [9.17, 15) is 4.79 Å². The summed E-state index contributed by atoms with van der Waals surface area (Å²) < 4.78 is 11.4. The summed E-state index contributed by atoms with van der Waals surface area (Å²) in [6.45, 7) is 4.32. The topological polar surface area (TPSA) is 35.5 Å². The molecule has 3 heteroatoms. The number of benzene rings is 1. The lowest BCUT2D eigenvalue weighted by Gasteiger charge is -2.32. The summed E-state index contributed by atoms with van der Waals surface area (Å²) in [6, 6.07) is 8.16. The first-order valence-electron chi connectivity index (χ1n) is 7.61. The largest absolute Gasteiger partial charge is 0.493 e. The van der Waals surface area contributed by atoms with Crippen molar-refractivity contribution in [3.05, 3.63) is 29.8 Å². The number of hydrogen-bond acceptors (Lipinski definition) is 3. The first kappa shape index (κ1) is 14.9. The molecule has 20 heavy (non-hydrogen) atoms. The summed E-state index contributed by atoms with van der Waals surface area (Å²) in [6.07, 6.45) is 5.31. The highest BCUT2D eigenvalue weighted by Crippen LogP contribution is 2.39. The van der Waals surface area contributed by atoms with Crippen molar-refractivity contribution < 1.29 is 14.3 Å². The van der Waals surface area contributed by atoms with E-state index in [2.05, 4.69) is 13.0 Å². The van der Waals surface area contributed by atoms with Crippen molar-refractivity contribution in [1.29, 1.82) is 0 Å². The van der Waals surface area contributed by atoms with Crippen molar-refractivity contribution in [3.8, 4) is 5.75 Å². The van der Waals surface area contributed by atoms with E-state index in [4.69, 9.17) is 9.47 Å². The number of carbonyl (C=O) groups excluding carboxylic acids is 1. The monoisotopic (exact) mass is 276 g/mol. The van der Waals surface area contributed by atoms with Crippen LogP contribution in [0, 0.1) is 0 Å². The molecular weight excluding hydrogens is 252 g/mol. The minimum atomic E-state index is -0.186. The van der Waals surface area contributed by atoms with Gasteiger partial charge in [-0.25, -0.2) is 0 Å². The molecule has 1 fully saturated rings. The van der Waals surface area contributed by atoms with E-state index in [1.165, 1.54) is 18.9 Å². The van der Waals surface area contributed by atoms with Crippen molar-refractivity contribution in [2.75, 3.05) is 6.61 Å². The predicted molar refractivity (Wildman–Crippen MR) is 79.0 cm³/mol. The van der Waals surface area contributed by atoms with Gasteiger partial charge in [-0.3, -0.25) is 4.79 Å². The molecule has 1 saturated carbocycles. The average Bonchev–Trinajstić information content (AvgIpc) is 2.45. The second-order valence-electron chi connectivity index (χ2n) is 5.43. The van der Waals surface area contributed by atoms with Gasteiger partial charge in [0.1, 0.15) is 11.9 Å². The smallest absolute Gasteiger partial charge is 0.302 e. The Morgan fingerprint density at radius 3 is 2.75 bits per heavy atom. The van der Waals surface area contributed by atoms with Crippen LogP contribution >= 0.6 is 0 Å². The maximum atomic E-state index is 11.3. The Labute approximate surface area is 121 Å². The Bertz CT molecular complexity index is 442. The number of ether oxygens (including phenoxy) is 2. The Kier molecular flexibility index (Phi) is 5.45. The number of rotatable bonds is 5. The maximum absolute atomic E-state index is 11.3. The van der Waals surface area contributed by atoms with Crippen LogP contribution in [0.4, 0.5) is 0 Å². The summed E-state index contributed by atoms with van der Waals surface area (Å²) in [4.78, 5) is 11.3. The number of para-hydroxylation sites is 1. The summed E-state index contributed by atoms with van der Waals surface area (Å²) in [5.74, 6) is 1.02. The van der Waals surface area contributed by atoms with Crippen molar-refractivity contribution in [2.24, 2.45) is 0 Å². The standard InChI is InChI=1S/C17H24O3/c1-3-12-19-16-10-6-4-8-14(16)15-9-5-7-11-17(15)20-13(2)18/h4,6,8,10,15,17H,3,5,7,9,11-12H2,1-2H3/t15-,17+/m1/s1. The fourth-order valence-corrected chi connectivity index (χ4v) is 2.94. The van der Waals surface area contributed by atoms with Gasteiger partial charge in [0, 0.05) is 18.4 Å². The normalized spacial score (nSPS) is 22.3. The van der Waals surface area contributed by atoms with Crippen molar-refractivity contribution in [3.63, 3.8) is 0 Å². The molecule has 1 aromatic rings. The van der Waals surface area contributed by atoms with E-state index < -0.39 is 0 Å². The quantitative estimate of drug-likeness (QED) is 0.761. The van der Waals surface area contributed by atoms with E-state index in [0.29, 0.717) is 0 Å². The van der Waals surface area contributed by atoms with Crippen LogP contribution in [0.3, 0.4) is 0 Å². The van der Waals surface area contributed by atoms with E-state index in [-0.39, 0.29) is 18.0 Å². The second kappa shape index (κ2) is 7.32. The van der Waals surface area contributed by atoms with Crippen molar-refractivity contribution in [2.45, 2.75) is 58.0 Å². The van der Waals surface area contributed by atoms with Crippen LogP contribution in [0.15, 0.2) is 24.3 Å². The van der Waals surface area contributed by atoms with Crippen LogP contribution in [0.1, 0.15) is 57.4 Å². The molecule has 0 heterocycles. The summed E-state index contributed by atoms with van der Waals surface area (Å²) in [5, 5.41) is 0. The molecule has 0 aromatic heterocycles. The van der Waals surface area contributed by atoms with Gasteiger partial charge < -0.3 is 9.47 Å². The molecule has 110 valence electrons. The lowest BCUT2D eigenvalue weighted by Crippen LogP contribution is -2.28. The minimum absolute atomic E-state index is 0.00683. The van der Waals surface area contributed by atoms with Gasteiger partial charge in [-0.1, -0.05) is 31.5 Å². The van der Waals surface area contributed by atoms with Crippen LogP contribution in [-0.4, -0.2) is 18.7 Å². The minimum Gasteiger partial charge on any atom is -0.493 e. The van der Waals surface area contributed by atoms with Crippen LogP contribution in [0.25, 0.3) is 0 Å². The van der Waals surface area contributed by atoms with E-state index >= 15 is 0 Å². The fourth-order valence-electron chi connectivity index (χ4n) is 2.94. The molecule has 1 aliphatic carbocycles. The third-order valence-electron chi connectivity index (χ3n) is 3.80. The van der Waals surface area contributed by atoms with Crippen molar-refractivity contribution in [1.82, 2.24) is 0 Å². The molecule has 0 bridgehead atoms. The molecule has 0 aliphatic heterocycles.